The molecule has 1 amide bonds. The lowest BCUT2D eigenvalue weighted by atomic mass is 10.2. The average molecular weight is 320 g/mol. The maximum Gasteiger partial charge on any atom is 0.261 e. The van der Waals surface area contributed by atoms with Gasteiger partial charge in [-0.05, 0) is 31.0 Å². The van der Waals surface area contributed by atoms with Gasteiger partial charge in [0.2, 0.25) is 5.91 Å². The molecule has 2 heterocycles. The summed E-state index contributed by atoms with van der Waals surface area (Å²) in [5.41, 5.74) is 0.348. The Morgan fingerprint density at radius 2 is 1.91 bits per heavy atom. The molecule has 3 rings (SSSR count). The molecule has 1 aromatic heterocycles. The summed E-state index contributed by atoms with van der Waals surface area (Å²) < 4.78 is 1.38. The van der Waals surface area contributed by atoms with Gasteiger partial charge in [-0.15, -0.1) is 0 Å². The van der Waals surface area contributed by atoms with Crippen LogP contribution in [0.2, 0.25) is 5.02 Å². The molecular formula is C16H18ClN3O2. The number of amides is 1. The van der Waals surface area contributed by atoms with Crippen molar-refractivity contribution in [3.8, 4) is 0 Å². The highest BCUT2D eigenvalue weighted by atomic mass is 35.5. The summed E-state index contributed by atoms with van der Waals surface area (Å²) >= 11 is 5.90. The minimum atomic E-state index is -0.204. The fraction of sp³-hybridized carbons (Fsp3) is 0.438. The number of aromatic nitrogens is 2. The summed E-state index contributed by atoms with van der Waals surface area (Å²) in [4.78, 5) is 30.9. The summed E-state index contributed by atoms with van der Waals surface area (Å²) in [6, 6.07) is 4.97. The number of hydrogen-bond donors (Lipinski definition) is 0. The van der Waals surface area contributed by atoms with Gasteiger partial charge in [0.25, 0.3) is 5.56 Å². The molecule has 0 saturated carbocycles. The Kier molecular flexibility index (Phi) is 4.43. The Balaban J connectivity index is 1.84. The lowest BCUT2D eigenvalue weighted by molar-refractivity contribution is -0.131. The van der Waals surface area contributed by atoms with Crippen molar-refractivity contribution in [1.29, 1.82) is 0 Å². The van der Waals surface area contributed by atoms with E-state index in [4.69, 9.17) is 11.6 Å². The molecule has 1 fully saturated rings. The fourth-order valence-corrected chi connectivity index (χ4v) is 2.98. The Bertz CT molecular complexity index is 749. The monoisotopic (exact) mass is 319 g/mol. The van der Waals surface area contributed by atoms with E-state index in [0.717, 1.165) is 25.9 Å². The van der Waals surface area contributed by atoms with Crippen LogP contribution >= 0.6 is 11.6 Å². The van der Waals surface area contributed by atoms with Crippen LogP contribution in [0.4, 0.5) is 0 Å². The van der Waals surface area contributed by atoms with Crippen molar-refractivity contribution in [3.63, 3.8) is 0 Å². The predicted molar refractivity (Wildman–Crippen MR) is 86.1 cm³/mol. The molecule has 5 nitrogen and oxygen atoms in total. The molecule has 0 spiro atoms. The van der Waals surface area contributed by atoms with Crippen LogP contribution in [0.5, 0.6) is 0 Å². The second kappa shape index (κ2) is 6.48. The van der Waals surface area contributed by atoms with Crippen LogP contribution in [-0.4, -0.2) is 33.4 Å². The molecule has 2 aromatic rings. The van der Waals surface area contributed by atoms with Crippen LogP contribution in [0.25, 0.3) is 10.9 Å². The van der Waals surface area contributed by atoms with E-state index in [1.165, 1.54) is 23.7 Å². The van der Waals surface area contributed by atoms with Gasteiger partial charge >= 0.3 is 0 Å². The van der Waals surface area contributed by atoms with Gasteiger partial charge in [0, 0.05) is 18.1 Å². The number of rotatable bonds is 2. The highest BCUT2D eigenvalue weighted by Gasteiger charge is 2.17. The van der Waals surface area contributed by atoms with Crippen molar-refractivity contribution in [2.24, 2.45) is 0 Å². The SMILES string of the molecule is O=C(Cn1cnc2cc(Cl)ccc2c1=O)N1CCCCCC1. The topological polar surface area (TPSA) is 55.2 Å². The standard InChI is InChI=1S/C16H18ClN3O2/c17-12-5-6-13-14(9-12)18-11-20(16(13)22)10-15(21)19-7-3-1-2-4-8-19/h5-6,9,11H,1-4,7-8,10H2. The lowest BCUT2D eigenvalue weighted by Gasteiger charge is -2.20. The Hall–Kier alpha value is -1.88. The van der Waals surface area contributed by atoms with Crippen molar-refractivity contribution in [2.75, 3.05) is 13.1 Å². The van der Waals surface area contributed by atoms with Gasteiger partial charge in [-0.1, -0.05) is 24.4 Å². The van der Waals surface area contributed by atoms with Crippen LogP contribution < -0.4 is 5.56 Å². The van der Waals surface area contributed by atoms with E-state index in [1.807, 2.05) is 4.90 Å². The van der Waals surface area contributed by atoms with Crippen molar-refractivity contribution in [1.82, 2.24) is 14.5 Å². The van der Waals surface area contributed by atoms with Gasteiger partial charge in [0.05, 0.1) is 17.2 Å². The van der Waals surface area contributed by atoms with Gasteiger partial charge < -0.3 is 4.90 Å². The smallest absolute Gasteiger partial charge is 0.261 e. The molecule has 0 bridgehead atoms. The van der Waals surface area contributed by atoms with Gasteiger partial charge in [0.15, 0.2) is 0 Å². The Labute approximate surface area is 133 Å². The van der Waals surface area contributed by atoms with E-state index in [2.05, 4.69) is 4.98 Å². The molecular weight excluding hydrogens is 302 g/mol. The summed E-state index contributed by atoms with van der Waals surface area (Å²) in [7, 11) is 0. The highest BCUT2D eigenvalue weighted by Crippen LogP contribution is 2.14. The Morgan fingerprint density at radius 1 is 1.18 bits per heavy atom. The van der Waals surface area contributed by atoms with Crippen LogP contribution in [-0.2, 0) is 11.3 Å². The fourth-order valence-electron chi connectivity index (χ4n) is 2.81. The summed E-state index contributed by atoms with van der Waals surface area (Å²) in [5.74, 6) is -0.0147. The van der Waals surface area contributed by atoms with E-state index in [9.17, 15) is 9.59 Å². The second-order valence-electron chi connectivity index (χ2n) is 5.63. The van der Waals surface area contributed by atoms with Crippen LogP contribution in [0.3, 0.4) is 0 Å². The first-order valence-corrected chi connectivity index (χ1v) is 7.95. The van der Waals surface area contributed by atoms with Crippen molar-refractivity contribution < 1.29 is 4.79 Å². The largest absolute Gasteiger partial charge is 0.341 e. The van der Waals surface area contributed by atoms with Gasteiger partial charge in [-0.3, -0.25) is 14.2 Å². The third kappa shape index (κ3) is 3.14. The second-order valence-corrected chi connectivity index (χ2v) is 6.07. The first-order valence-electron chi connectivity index (χ1n) is 7.57. The van der Waals surface area contributed by atoms with Crippen molar-refractivity contribution in [2.45, 2.75) is 32.2 Å². The molecule has 1 aromatic carbocycles. The molecule has 0 atom stereocenters. The average Bonchev–Trinajstić information content (AvgIpc) is 2.79. The first-order chi connectivity index (χ1) is 10.6. The van der Waals surface area contributed by atoms with Crippen molar-refractivity contribution >= 4 is 28.4 Å². The minimum Gasteiger partial charge on any atom is -0.341 e. The normalized spacial score (nSPS) is 15.8. The Morgan fingerprint density at radius 3 is 2.64 bits per heavy atom. The molecule has 0 radical (unpaired) electrons. The molecule has 0 aliphatic carbocycles. The summed E-state index contributed by atoms with van der Waals surface area (Å²) in [5, 5.41) is 1.02. The van der Waals surface area contributed by atoms with Crippen LogP contribution in [0.1, 0.15) is 25.7 Å². The summed E-state index contributed by atoms with van der Waals surface area (Å²) in [6.07, 6.45) is 5.84. The first kappa shape index (κ1) is 15.0. The minimum absolute atomic E-state index is 0.0147. The molecule has 0 unspecified atom stereocenters. The third-order valence-corrected chi connectivity index (χ3v) is 4.29. The molecule has 22 heavy (non-hydrogen) atoms. The van der Waals surface area contributed by atoms with E-state index < -0.39 is 0 Å². The number of carbonyl (C=O) groups excluding carboxylic acids is 1. The number of benzene rings is 1. The zero-order valence-corrected chi connectivity index (χ0v) is 13.1. The molecule has 1 aliphatic heterocycles. The van der Waals surface area contributed by atoms with E-state index >= 15 is 0 Å². The molecule has 116 valence electrons. The van der Waals surface area contributed by atoms with Gasteiger partial charge in [-0.25, -0.2) is 4.98 Å². The maximum atomic E-state index is 12.4. The van der Waals surface area contributed by atoms with E-state index in [0.29, 0.717) is 15.9 Å². The van der Waals surface area contributed by atoms with Gasteiger partial charge in [0.1, 0.15) is 6.54 Å². The third-order valence-electron chi connectivity index (χ3n) is 4.05. The number of likely N-dealkylation sites (tertiary alicyclic amines) is 1. The molecule has 1 saturated heterocycles. The molecule has 6 heteroatoms. The zero-order valence-electron chi connectivity index (χ0n) is 12.3. The molecule has 0 N–H and O–H groups in total. The van der Waals surface area contributed by atoms with Crippen LogP contribution in [0, 0.1) is 0 Å². The lowest BCUT2D eigenvalue weighted by Crippen LogP contribution is -2.37. The maximum absolute atomic E-state index is 12.4. The van der Waals surface area contributed by atoms with Crippen molar-refractivity contribution in [3.05, 3.63) is 39.9 Å². The number of halogens is 1. The number of hydrogen-bond acceptors (Lipinski definition) is 3. The van der Waals surface area contributed by atoms with E-state index in [-0.39, 0.29) is 18.0 Å². The molecule has 1 aliphatic rings. The van der Waals surface area contributed by atoms with E-state index in [1.54, 1.807) is 18.2 Å². The van der Waals surface area contributed by atoms with Crippen LogP contribution in [0.15, 0.2) is 29.3 Å². The number of nitrogens with zero attached hydrogens (tertiary/aromatic N) is 3. The number of carbonyl (C=O) groups is 1. The zero-order chi connectivity index (χ0) is 15.5. The van der Waals surface area contributed by atoms with Gasteiger partial charge in [-0.2, -0.15) is 0 Å². The quantitative estimate of drug-likeness (QED) is 0.854. The highest BCUT2D eigenvalue weighted by molar-refractivity contribution is 6.31. The summed E-state index contributed by atoms with van der Waals surface area (Å²) in [6.45, 7) is 1.61. The number of fused-ring (bicyclic) bond motifs is 1. The predicted octanol–water partition coefficient (Wildman–Crippen LogP) is 2.45.